The first-order valence-electron chi connectivity index (χ1n) is 7.26. The molecule has 0 aliphatic carbocycles. The number of hydrogen-bond donors (Lipinski definition) is 0. The summed E-state index contributed by atoms with van der Waals surface area (Å²) in [6, 6.07) is 4.00. The number of nitriles is 1. The lowest BCUT2D eigenvalue weighted by atomic mass is 10.1. The van der Waals surface area contributed by atoms with Crippen molar-refractivity contribution in [3.05, 3.63) is 17.0 Å². The number of thioether (sulfide) groups is 1. The molecule has 1 aromatic heterocycles. The van der Waals surface area contributed by atoms with Gasteiger partial charge in [0.05, 0.1) is 11.6 Å². The van der Waals surface area contributed by atoms with E-state index in [1.54, 1.807) is 6.07 Å². The van der Waals surface area contributed by atoms with Crippen LogP contribution in [0.3, 0.4) is 0 Å². The lowest BCUT2D eigenvalue weighted by Crippen LogP contribution is -2.40. The quantitative estimate of drug-likeness (QED) is 0.854. The molecule has 1 aromatic rings. The van der Waals surface area contributed by atoms with Crippen molar-refractivity contribution in [2.24, 2.45) is 5.92 Å². The van der Waals surface area contributed by atoms with Crippen LogP contribution in [-0.2, 0) is 4.79 Å². The Bertz CT molecular complexity index is 566. The van der Waals surface area contributed by atoms with E-state index in [2.05, 4.69) is 17.2 Å². The summed E-state index contributed by atoms with van der Waals surface area (Å²) < 4.78 is 0. The Balaban J connectivity index is 1.69. The number of thiophene rings is 1. The molecular weight excluding hydrogens is 302 g/mol. The van der Waals surface area contributed by atoms with Crippen LogP contribution in [0.5, 0.6) is 0 Å². The fourth-order valence-electron chi connectivity index (χ4n) is 3.32. The molecule has 21 heavy (non-hydrogen) atoms. The second-order valence-corrected chi connectivity index (χ2v) is 7.46. The van der Waals surface area contributed by atoms with Crippen molar-refractivity contribution in [3.63, 3.8) is 0 Å². The van der Waals surface area contributed by atoms with Crippen LogP contribution in [-0.4, -0.2) is 48.5 Å². The standard InChI is InChI=1S/C15H19N3OS2/c1-20-10-11-2-5-17(9-11)13-3-6-18(14(13)19)15-12(8-16)4-7-21-15/h4,7,11,13H,2-3,5-6,9-10H2,1H3. The third-order valence-electron chi connectivity index (χ3n) is 4.35. The maximum Gasteiger partial charge on any atom is 0.245 e. The summed E-state index contributed by atoms with van der Waals surface area (Å²) in [5.74, 6) is 2.09. The first kappa shape index (κ1) is 14.9. The maximum atomic E-state index is 12.7. The van der Waals surface area contributed by atoms with Crippen molar-refractivity contribution in [1.29, 1.82) is 5.26 Å². The molecule has 0 N–H and O–H groups in total. The summed E-state index contributed by atoms with van der Waals surface area (Å²) in [6.07, 6.45) is 4.23. The Morgan fingerprint density at radius 1 is 1.48 bits per heavy atom. The minimum absolute atomic E-state index is 0.0190. The normalized spacial score (nSPS) is 26.5. The molecule has 2 fully saturated rings. The van der Waals surface area contributed by atoms with E-state index in [-0.39, 0.29) is 11.9 Å². The molecule has 112 valence electrons. The lowest BCUT2D eigenvalue weighted by Gasteiger charge is -2.23. The molecule has 0 saturated carbocycles. The van der Waals surface area contributed by atoms with E-state index in [1.807, 2.05) is 22.0 Å². The first-order chi connectivity index (χ1) is 10.2. The lowest BCUT2D eigenvalue weighted by molar-refractivity contribution is -0.121. The topological polar surface area (TPSA) is 47.3 Å². The highest BCUT2D eigenvalue weighted by atomic mass is 32.2. The van der Waals surface area contributed by atoms with Gasteiger partial charge in [-0.15, -0.1) is 11.3 Å². The van der Waals surface area contributed by atoms with Gasteiger partial charge in [-0.05, 0) is 48.8 Å². The molecule has 2 aliphatic heterocycles. The van der Waals surface area contributed by atoms with Gasteiger partial charge in [0.2, 0.25) is 5.91 Å². The van der Waals surface area contributed by atoms with Crippen LogP contribution in [0.1, 0.15) is 18.4 Å². The highest BCUT2D eigenvalue weighted by molar-refractivity contribution is 7.98. The van der Waals surface area contributed by atoms with E-state index in [1.165, 1.54) is 23.5 Å². The molecule has 0 spiro atoms. The van der Waals surface area contributed by atoms with Crippen LogP contribution >= 0.6 is 23.1 Å². The number of nitrogens with zero attached hydrogens (tertiary/aromatic N) is 3. The van der Waals surface area contributed by atoms with Crippen molar-refractivity contribution in [2.75, 3.05) is 36.5 Å². The van der Waals surface area contributed by atoms with Gasteiger partial charge in [0.1, 0.15) is 11.1 Å². The van der Waals surface area contributed by atoms with Crippen LogP contribution in [0, 0.1) is 17.2 Å². The third-order valence-corrected chi connectivity index (χ3v) is 6.09. The van der Waals surface area contributed by atoms with E-state index < -0.39 is 0 Å². The third kappa shape index (κ3) is 2.83. The summed E-state index contributed by atoms with van der Waals surface area (Å²) in [6.45, 7) is 2.81. The monoisotopic (exact) mass is 321 g/mol. The zero-order valence-electron chi connectivity index (χ0n) is 12.1. The molecule has 6 heteroatoms. The van der Waals surface area contributed by atoms with Gasteiger partial charge in [-0.3, -0.25) is 9.69 Å². The Morgan fingerprint density at radius 2 is 2.33 bits per heavy atom. The number of likely N-dealkylation sites (tertiary alicyclic amines) is 1. The molecule has 2 unspecified atom stereocenters. The summed E-state index contributed by atoms with van der Waals surface area (Å²) >= 11 is 3.38. The van der Waals surface area contributed by atoms with E-state index in [0.29, 0.717) is 5.56 Å². The molecule has 0 bridgehead atoms. The van der Waals surface area contributed by atoms with E-state index in [4.69, 9.17) is 5.26 Å². The molecule has 2 saturated heterocycles. The highest BCUT2D eigenvalue weighted by Crippen LogP contribution is 2.33. The van der Waals surface area contributed by atoms with Gasteiger partial charge in [0.25, 0.3) is 0 Å². The molecule has 2 atom stereocenters. The van der Waals surface area contributed by atoms with E-state index >= 15 is 0 Å². The van der Waals surface area contributed by atoms with Gasteiger partial charge < -0.3 is 4.90 Å². The van der Waals surface area contributed by atoms with Crippen molar-refractivity contribution in [3.8, 4) is 6.07 Å². The molecule has 0 aromatic carbocycles. The summed E-state index contributed by atoms with van der Waals surface area (Å²) in [7, 11) is 0. The minimum Gasteiger partial charge on any atom is -0.301 e. The van der Waals surface area contributed by atoms with Gasteiger partial charge in [-0.25, -0.2) is 0 Å². The summed E-state index contributed by atoms with van der Waals surface area (Å²) in [5, 5.41) is 11.8. The molecule has 1 amide bonds. The summed E-state index contributed by atoms with van der Waals surface area (Å²) in [4.78, 5) is 16.9. The fraction of sp³-hybridized carbons (Fsp3) is 0.600. The average molecular weight is 321 g/mol. The molecule has 0 radical (unpaired) electrons. The van der Waals surface area contributed by atoms with Crippen LogP contribution < -0.4 is 4.90 Å². The van der Waals surface area contributed by atoms with Gasteiger partial charge in [0.15, 0.2) is 0 Å². The van der Waals surface area contributed by atoms with E-state index in [0.717, 1.165) is 37.0 Å². The predicted molar refractivity (Wildman–Crippen MR) is 87.9 cm³/mol. The number of carbonyl (C=O) groups is 1. The van der Waals surface area contributed by atoms with Gasteiger partial charge >= 0.3 is 0 Å². The van der Waals surface area contributed by atoms with Gasteiger partial charge in [-0.2, -0.15) is 17.0 Å². The second-order valence-electron chi connectivity index (χ2n) is 5.65. The smallest absolute Gasteiger partial charge is 0.245 e. The van der Waals surface area contributed by atoms with Crippen molar-refractivity contribution in [2.45, 2.75) is 18.9 Å². The molecule has 4 nitrogen and oxygen atoms in total. The van der Waals surface area contributed by atoms with Crippen molar-refractivity contribution < 1.29 is 4.79 Å². The Labute approximate surface area is 133 Å². The number of amides is 1. The fourth-order valence-corrected chi connectivity index (χ4v) is 4.94. The molecule has 3 rings (SSSR count). The van der Waals surface area contributed by atoms with Crippen LogP contribution in [0.15, 0.2) is 11.4 Å². The Hall–Kier alpha value is -1.03. The zero-order chi connectivity index (χ0) is 14.8. The minimum atomic E-state index is 0.0190. The zero-order valence-corrected chi connectivity index (χ0v) is 13.8. The SMILES string of the molecule is CSCC1CCN(C2CCN(c3sccc3C#N)C2=O)C1. The molecule has 2 aliphatic rings. The van der Waals surface area contributed by atoms with Crippen LogP contribution in [0.4, 0.5) is 5.00 Å². The predicted octanol–water partition coefficient (Wildman–Crippen LogP) is 2.41. The first-order valence-corrected chi connectivity index (χ1v) is 9.54. The largest absolute Gasteiger partial charge is 0.301 e. The molecule has 3 heterocycles. The maximum absolute atomic E-state index is 12.7. The van der Waals surface area contributed by atoms with Gasteiger partial charge in [-0.1, -0.05) is 0 Å². The van der Waals surface area contributed by atoms with Crippen molar-refractivity contribution in [1.82, 2.24) is 4.90 Å². The Morgan fingerprint density at radius 3 is 3.10 bits per heavy atom. The van der Waals surface area contributed by atoms with Crippen molar-refractivity contribution >= 4 is 34.0 Å². The molecular formula is C15H19N3OS2. The summed E-state index contributed by atoms with van der Waals surface area (Å²) in [5.41, 5.74) is 0.621. The Kier molecular flexibility index (Phi) is 4.53. The highest BCUT2D eigenvalue weighted by Gasteiger charge is 2.40. The number of carbonyl (C=O) groups excluding carboxylic acids is 1. The number of rotatable bonds is 4. The number of hydrogen-bond acceptors (Lipinski definition) is 5. The second kappa shape index (κ2) is 6.39. The average Bonchev–Trinajstić information content (AvgIpc) is 3.17. The van der Waals surface area contributed by atoms with Crippen LogP contribution in [0.25, 0.3) is 0 Å². The van der Waals surface area contributed by atoms with Crippen LogP contribution in [0.2, 0.25) is 0 Å². The van der Waals surface area contributed by atoms with E-state index in [9.17, 15) is 4.79 Å². The van der Waals surface area contributed by atoms with Gasteiger partial charge in [0, 0.05) is 13.1 Å². The number of anilines is 1.